The van der Waals surface area contributed by atoms with Crippen molar-refractivity contribution in [2.75, 3.05) is 13.1 Å². The van der Waals surface area contributed by atoms with Crippen LogP contribution in [0.25, 0.3) is 0 Å². The highest BCUT2D eigenvalue weighted by molar-refractivity contribution is 9.10. The number of nitrogens with two attached hydrogens (primary N) is 1. The van der Waals surface area contributed by atoms with Crippen LogP contribution in [0.4, 0.5) is 5.69 Å². The molecule has 0 unspecified atom stereocenters. The van der Waals surface area contributed by atoms with E-state index in [1.54, 1.807) is 6.20 Å². The standard InChI is InChI=1S/C9H12BrClN3/c10-9-8(11)5-7(6-13-9)14(12)3-1-2-4-14/h5-6H,1-4,12H2/q+1. The molecule has 14 heavy (non-hydrogen) atoms. The van der Waals surface area contributed by atoms with Crippen molar-refractivity contribution in [2.45, 2.75) is 12.8 Å². The van der Waals surface area contributed by atoms with Gasteiger partial charge in [-0.25, -0.2) is 9.58 Å². The molecule has 1 aliphatic heterocycles. The molecule has 5 heteroatoms. The highest BCUT2D eigenvalue weighted by Gasteiger charge is 2.31. The minimum atomic E-state index is 0.472. The van der Waals surface area contributed by atoms with Crippen LogP contribution in [0.1, 0.15) is 12.8 Å². The van der Waals surface area contributed by atoms with E-state index in [4.69, 9.17) is 17.4 Å². The molecule has 0 saturated carbocycles. The summed E-state index contributed by atoms with van der Waals surface area (Å²) in [5.41, 5.74) is 0.996. The van der Waals surface area contributed by atoms with E-state index < -0.39 is 0 Å². The van der Waals surface area contributed by atoms with Crippen LogP contribution in [0, 0.1) is 0 Å². The summed E-state index contributed by atoms with van der Waals surface area (Å²) in [7, 11) is 0. The highest BCUT2D eigenvalue weighted by atomic mass is 79.9. The van der Waals surface area contributed by atoms with E-state index in [2.05, 4.69) is 20.9 Å². The molecule has 76 valence electrons. The first-order valence-corrected chi connectivity index (χ1v) is 5.76. The predicted octanol–water partition coefficient (Wildman–Crippen LogP) is 2.47. The van der Waals surface area contributed by atoms with Crippen molar-refractivity contribution < 1.29 is 0 Å². The van der Waals surface area contributed by atoms with Crippen molar-refractivity contribution in [1.82, 2.24) is 9.58 Å². The van der Waals surface area contributed by atoms with E-state index in [9.17, 15) is 0 Å². The molecule has 1 saturated heterocycles. The summed E-state index contributed by atoms with van der Waals surface area (Å²) in [6.45, 7) is 1.94. The Labute approximate surface area is 96.6 Å². The number of rotatable bonds is 1. The van der Waals surface area contributed by atoms with Gasteiger partial charge in [0, 0.05) is 18.9 Å². The van der Waals surface area contributed by atoms with Gasteiger partial charge in [0.15, 0.2) is 5.69 Å². The first kappa shape index (κ1) is 10.4. The van der Waals surface area contributed by atoms with Crippen LogP contribution >= 0.6 is 27.5 Å². The largest absolute Gasteiger partial charge is 0.241 e. The number of pyridine rings is 1. The van der Waals surface area contributed by atoms with E-state index in [1.165, 1.54) is 12.8 Å². The highest BCUT2D eigenvalue weighted by Crippen LogP contribution is 2.29. The first-order valence-electron chi connectivity index (χ1n) is 4.59. The molecule has 0 amide bonds. The van der Waals surface area contributed by atoms with E-state index in [0.29, 0.717) is 14.2 Å². The lowest BCUT2D eigenvalue weighted by Gasteiger charge is -2.26. The van der Waals surface area contributed by atoms with Crippen molar-refractivity contribution in [2.24, 2.45) is 5.84 Å². The number of hydrogen-bond donors (Lipinski definition) is 1. The van der Waals surface area contributed by atoms with Crippen molar-refractivity contribution in [3.05, 3.63) is 21.9 Å². The van der Waals surface area contributed by atoms with Crippen LogP contribution in [0.2, 0.25) is 5.02 Å². The lowest BCUT2D eigenvalue weighted by molar-refractivity contribution is 0.346. The van der Waals surface area contributed by atoms with Gasteiger partial charge in [-0.1, -0.05) is 11.6 Å². The fraction of sp³-hybridized carbons (Fsp3) is 0.444. The molecule has 0 spiro atoms. The lowest BCUT2D eigenvalue weighted by Crippen LogP contribution is -2.53. The topological polar surface area (TPSA) is 38.9 Å². The normalized spacial score (nSPS) is 19.9. The Morgan fingerprint density at radius 1 is 1.43 bits per heavy atom. The van der Waals surface area contributed by atoms with Gasteiger partial charge in [-0.05, 0) is 15.9 Å². The monoisotopic (exact) mass is 276 g/mol. The molecule has 1 aromatic rings. The molecule has 1 aliphatic rings. The lowest BCUT2D eigenvalue weighted by atomic mass is 10.3. The van der Waals surface area contributed by atoms with Gasteiger partial charge < -0.3 is 0 Å². The summed E-state index contributed by atoms with van der Waals surface area (Å²) in [6.07, 6.45) is 4.13. The van der Waals surface area contributed by atoms with E-state index in [0.717, 1.165) is 18.8 Å². The number of aromatic nitrogens is 1. The Morgan fingerprint density at radius 2 is 2.07 bits per heavy atom. The summed E-state index contributed by atoms with van der Waals surface area (Å²) >= 11 is 9.24. The number of halogens is 2. The second-order valence-electron chi connectivity index (χ2n) is 3.65. The quantitative estimate of drug-likeness (QED) is 0.486. The van der Waals surface area contributed by atoms with Crippen molar-refractivity contribution in [1.29, 1.82) is 0 Å². The zero-order valence-corrected chi connectivity index (χ0v) is 10.1. The van der Waals surface area contributed by atoms with E-state index >= 15 is 0 Å². The van der Waals surface area contributed by atoms with Gasteiger partial charge >= 0.3 is 0 Å². The van der Waals surface area contributed by atoms with Gasteiger partial charge in [-0.15, -0.1) is 0 Å². The van der Waals surface area contributed by atoms with Crippen LogP contribution in [-0.4, -0.2) is 18.1 Å². The summed E-state index contributed by atoms with van der Waals surface area (Å²) in [4.78, 5) is 4.16. The molecule has 2 heterocycles. The molecule has 0 aromatic carbocycles. The zero-order valence-electron chi connectivity index (χ0n) is 7.71. The fourth-order valence-electron chi connectivity index (χ4n) is 1.81. The maximum absolute atomic E-state index is 6.22. The third kappa shape index (κ3) is 1.80. The van der Waals surface area contributed by atoms with Gasteiger partial charge in [-0.2, -0.15) is 5.84 Å². The van der Waals surface area contributed by atoms with Crippen LogP contribution in [0.5, 0.6) is 0 Å². The zero-order chi connectivity index (χ0) is 10.2. The Hall–Kier alpha value is -0.160. The molecular weight excluding hydrogens is 265 g/mol. The molecule has 3 nitrogen and oxygen atoms in total. The Morgan fingerprint density at radius 3 is 2.64 bits per heavy atom. The predicted molar refractivity (Wildman–Crippen MR) is 61.9 cm³/mol. The van der Waals surface area contributed by atoms with Gasteiger partial charge in [0.2, 0.25) is 0 Å². The van der Waals surface area contributed by atoms with Crippen molar-refractivity contribution in [3.8, 4) is 0 Å². The molecule has 2 rings (SSSR count). The van der Waals surface area contributed by atoms with Gasteiger partial charge in [-0.3, -0.25) is 0 Å². The van der Waals surface area contributed by atoms with Gasteiger partial charge in [0.05, 0.1) is 11.2 Å². The smallest absolute Gasteiger partial charge is 0.172 e. The maximum atomic E-state index is 6.22. The number of quaternary nitrogens is 1. The first-order chi connectivity index (χ1) is 6.62. The van der Waals surface area contributed by atoms with Crippen LogP contribution in [0.3, 0.4) is 0 Å². The number of hydrogen-bond acceptors (Lipinski definition) is 2. The average Bonchev–Trinajstić information content (AvgIpc) is 2.58. The second-order valence-corrected chi connectivity index (χ2v) is 4.81. The summed E-state index contributed by atoms with van der Waals surface area (Å²) in [5.74, 6) is 6.22. The second kappa shape index (κ2) is 3.77. The molecule has 1 fully saturated rings. The van der Waals surface area contributed by atoms with E-state index in [1.807, 2.05) is 6.07 Å². The van der Waals surface area contributed by atoms with Crippen molar-refractivity contribution in [3.63, 3.8) is 0 Å². The van der Waals surface area contributed by atoms with Crippen LogP contribution < -0.4 is 10.4 Å². The van der Waals surface area contributed by atoms with Crippen LogP contribution in [-0.2, 0) is 0 Å². The summed E-state index contributed by atoms with van der Waals surface area (Å²) in [5, 5.41) is 0.623. The molecule has 1 aromatic heterocycles. The maximum Gasteiger partial charge on any atom is 0.172 e. The summed E-state index contributed by atoms with van der Waals surface area (Å²) in [6, 6.07) is 1.89. The summed E-state index contributed by atoms with van der Waals surface area (Å²) < 4.78 is 1.15. The Balaban J connectivity index is 2.36. The average molecular weight is 278 g/mol. The third-order valence-electron chi connectivity index (χ3n) is 2.66. The Kier molecular flexibility index (Phi) is 2.79. The van der Waals surface area contributed by atoms with Gasteiger partial charge in [0.1, 0.15) is 17.7 Å². The number of nitrogens with zero attached hydrogens (tertiary/aromatic N) is 2. The molecule has 0 aliphatic carbocycles. The molecule has 0 bridgehead atoms. The van der Waals surface area contributed by atoms with Crippen molar-refractivity contribution >= 4 is 33.2 Å². The minimum Gasteiger partial charge on any atom is -0.241 e. The minimum absolute atomic E-state index is 0.472. The van der Waals surface area contributed by atoms with Gasteiger partial charge in [0.25, 0.3) is 0 Å². The molecule has 0 radical (unpaired) electrons. The molecule has 2 N–H and O–H groups in total. The third-order valence-corrected chi connectivity index (χ3v) is 3.81. The molecule has 0 atom stereocenters. The SMILES string of the molecule is N[N+]1(c2cnc(Br)c(Cl)c2)CCCC1. The fourth-order valence-corrected chi connectivity index (χ4v) is 2.19. The van der Waals surface area contributed by atoms with E-state index in [-0.39, 0.29) is 0 Å². The Bertz CT molecular complexity index is 350. The molecular formula is C9H12BrClN3+. The van der Waals surface area contributed by atoms with Crippen LogP contribution in [0.15, 0.2) is 16.9 Å².